The molecule has 0 saturated carbocycles. The smallest absolute Gasteiger partial charge is 0.224 e. The van der Waals surface area contributed by atoms with E-state index in [9.17, 15) is 9.18 Å². The molecule has 0 radical (unpaired) electrons. The van der Waals surface area contributed by atoms with Crippen molar-refractivity contribution in [2.24, 2.45) is 0 Å². The van der Waals surface area contributed by atoms with Gasteiger partial charge in [0.25, 0.3) is 0 Å². The highest BCUT2D eigenvalue weighted by Crippen LogP contribution is 2.14. The molecule has 0 aromatic heterocycles. The van der Waals surface area contributed by atoms with Crippen LogP contribution < -0.4 is 5.32 Å². The van der Waals surface area contributed by atoms with Crippen molar-refractivity contribution in [2.75, 3.05) is 5.32 Å². The molecule has 0 aliphatic carbocycles. The van der Waals surface area contributed by atoms with Crippen LogP contribution in [0.3, 0.4) is 0 Å². The minimum absolute atomic E-state index is 0.0562. The van der Waals surface area contributed by atoms with Crippen LogP contribution in [0.1, 0.15) is 23.1 Å². The average molecular weight is 271 g/mol. The van der Waals surface area contributed by atoms with Crippen LogP contribution in [0.2, 0.25) is 0 Å². The zero-order valence-electron chi connectivity index (χ0n) is 11.7. The van der Waals surface area contributed by atoms with Crippen LogP contribution >= 0.6 is 0 Å². The van der Waals surface area contributed by atoms with Crippen molar-refractivity contribution >= 4 is 11.6 Å². The lowest BCUT2D eigenvalue weighted by molar-refractivity contribution is -0.116. The third-order valence-electron chi connectivity index (χ3n) is 3.04. The number of rotatable bonds is 4. The number of amides is 1. The molecule has 3 heteroatoms. The van der Waals surface area contributed by atoms with Gasteiger partial charge in [-0.05, 0) is 61.2 Å². The van der Waals surface area contributed by atoms with E-state index >= 15 is 0 Å². The Balaban J connectivity index is 1.92. The number of halogens is 1. The Labute approximate surface area is 118 Å². The number of nitrogens with one attached hydrogen (secondary N) is 1. The highest BCUT2D eigenvalue weighted by atomic mass is 19.1. The zero-order valence-corrected chi connectivity index (χ0v) is 11.7. The van der Waals surface area contributed by atoms with Crippen LogP contribution in [0.25, 0.3) is 0 Å². The molecule has 104 valence electrons. The maximum absolute atomic E-state index is 13.0. The molecular formula is C17H18FNO. The van der Waals surface area contributed by atoms with E-state index in [0.717, 1.165) is 22.4 Å². The van der Waals surface area contributed by atoms with Crippen molar-refractivity contribution in [3.63, 3.8) is 0 Å². The fraction of sp³-hybridized carbons (Fsp3) is 0.235. The molecular weight excluding hydrogens is 253 g/mol. The predicted octanol–water partition coefficient (Wildman–Crippen LogP) is 4.01. The van der Waals surface area contributed by atoms with Gasteiger partial charge in [-0.1, -0.05) is 18.2 Å². The molecule has 1 N–H and O–H groups in total. The topological polar surface area (TPSA) is 29.1 Å². The Morgan fingerprint density at radius 1 is 1.10 bits per heavy atom. The maximum Gasteiger partial charge on any atom is 0.224 e. The monoisotopic (exact) mass is 271 g/mol. The van der Waals surface area contributed by atoms with E-state index in [4.69, 9.17) is 0 Å². The van der Waals surface area contributed by atoms with E-state index in [0.29, 0.717) is 12.8 Å². The SMILES string of the molecule is Cc1cc(C)cc(NC(=O)CCc2cccc(F)c2)c1. The van der Waals surface area contributed by atoms with E-state index in [2.05, 4.69) is 11.4 Å². The molecule has 1 amide bonds. The Hall–Kier alpha value is -2.16. The molecule has 2 nitrogen and oxygen atoms in total. The van der Waals surface area contributed by atoms with Gasteiger partial charge < -0.3 is 5.32 Å². The van der Waals surface area contributed by atoms with Crippen LogP contribution in [0.4, 0.5) is 10.1 Å². The molecule has 0 spiro atoms. The van der Waals surface area contributed by atoms with Crippen molar-refractivity contribution < 1.29 is 9.18 Å². The molecule has 0 aliphatic heterocycles. The summed E-state index contributed by atoms with van der Waals surface area (Å²) < 4.78 is 13.0. The number of anilines is 1. The molecule has 0 heterocycles. The van der Waals surface area contributed by atoms with Crippen LogP contribution in [0, 0.1) is 19.7 Å². The number of carbonyl (C=O) groups excluding carboxylic acids is 1. The van der Waals surface area contributed by atoms with Crippen molar-refractivity contribution in [3.8, 4) is 0 Å². The lowest BCUT2D eigenvalue weighted by atomic mass is 10.1. The third kappa shape index (κ3) is 4.19. The van der Waals surface area contributed by atoms with Crippen LogP contribution in [0.5, 0.6) is 0 Å². The summed E-state index contributed by atoms with van der Waals surface area (Å²) in [6.07, 6.45) is 0.880. The molecule has 0 unspecified atom stereocenters. The minimum Gasteiger partial charge on any atom is -0.326 e. The summed E-state index contributed by atoms with van der Waals surface area (Å²) in [5.41, 5.74) is 3.88. The largest absolute Gasteiger partial charge is 0.326 e. The molecule has 0 saturated heterocycles. The van der Waals surface area contributed by atoms with E-state index in [-0.39, 0.29) is 11.7 Å². The van der Waals surface area contributed by atoms with Crippen molar-refractivity contribution in [3.05, 3.63) is 65.0 Å². The van der Waals surface area contributed by atoms with Gasteiger partial charge in [-0.3, -0.25) is 4.79 Å². The number of benzene rings is 2. The fourth-order valence-corrected chi connectivity index (χ4v) is 2.22. The number of hydrogen-bond acceptors (Lipinski definition) is 1. The number of hydrogen-bond donors (Lipinski definition) is 1. The third-order valence-corrected chi connectivity index (χ3v) is 3.04. The summed E-state index contributed by atoms with van der Waals surface area (Å²) in [5.74, 6) is -0.323. The van der Waals surface area contributed by atoms with Crippen molar-refractivity contribution in [1.82, 2.24) is 0 Å². The quantitative estimate of drug-likeness (QED) is 0.894. The van der Waals surface area contributed by atoms with E-state index in [1.807, 2.05) is 32.0 Å². The normalized spacial score (nSPS) is 10.3. The molecule has 2 aromatic rings. The summed E-state index contributed by atoms with van der Waals surface area (Å²) in [7, 11) is 0. The summed E-state index contributed by atoms with van der Waals surface area (Å²) in [5, 5.41) is 2.88. The Morgan fingerprint density at radius 3 is 2.45 bits per heavy atom. The standard InChI is InChI=1S/C17H18FNO/c1-12-8-13(2)10-16(9-12)19-17(20)7-6-14-4-3-5-15(18)11-14/h3-5,8-11H,6-7H2,1-2H3,(H,19,20). The molecule has 2 aromatic carbocycles. The summed E-state index contributed by atoms with van der Waals surface area (Å²) in [6, 6.07) is 12.3. The lowest BCUT2D eigenvalue weighted by Gasteiger charge is -2.07. The second-order valence-electron chi connectivity index (χ2n) is 5.05. The van der Waals surface area contributed by atoms with Crippen LogP contribution in [-0.4, -0.2) is 5.91 Å². The van der Waals surface area contributed by atoms with Gasteiger partial charge in [-0.15, -0.1) is 0 Å². The Morgan fingerprint density at radius 2 is 1.80 bits per heavy atom. The molecule has 0 bridgehead atoms. The first-order valence-corrected chi connectivity index (χ1v) is 6.65. The molecule has 2 rings (SSSR count). The van der Waals surface area contributed by atoms with Gasteiger partial charge in [-0.2, -0.15) is 0 Å². The van der Waals surface area contributed by atoms with E-state index < -0.39 is 0 Å². The highest BCUT2D eigenvalue weighted by molar-refractivity contribution is 5.91. The first kappa shape index (κ1) is 14.3. The highest BCUT2D eigenvalue weighted by Gasteiger charge is 2.04. The second-order valence-corrected chi connectivity index (χ2v) is 5.05. The zero-order chi connectivity index (χ0) is 14.5. The van der Waals surface area contributed by atoms with Gasteiger partial charge in [0.2, 0.25) is 5.91 Å². The number of aryl methyl sites for hydroxylation is 3. The van der Waals surface area contributed by atoms with Gasteiger partial charge in [0.05, 0.1) is 0 Å². The van der Waals surface area contributed by atoms with Crippen LogP contribution in [0.15, 0.2) is 42.5 Å². The Bertz CT molecular complexity index is 602. The average Bonchev–Trinajstić information content (AvgIpc) is 2.35. The van der Waals surface area contributed by atoms with Crippen LogP contribution in [-0.2, 0) is 11.2 Å². The lowest BCUT2D eigenvalue weighted by Crippen LogP contribution is -2.12. The maximum atomic E-state index is 13.0. The van der Waals surface area contributed by atoms with Gasteiger partial charge in [0, 0.05) is 12.1 Å². The van der Waals surface area contributed by atoms with Gasteiger partial charge >= 0.3 is 0 Å². The summed E-state index contributed by atoms with van der Waals surface area (Å²) in [6.45, 7) is 3.99. The molecule has 0 fully saturated rings. The van der Waals surface area contributed by atoms with Gasteiger partial charge in [-0.25, -0.2) is 4.39 Å². The van der Waals surface area contributed by atoms with Crippen molar-refractivity contribution in [2.45, 2.75) is 26.7 Å². The summed E-state index contributed by atoms with van der Waals surface area (Å²) in [4.78, 5) is 11.9. The second kappa shape index (κ2) is 6.33. The van der Waals surface area contributed by atoms with Crippen molar-refractivity contribution in [1.29, 1.82) is 0 Å². The molecule has 20 heavy (non-hydrogen) atoms. The van der Waals surface area contributed by atoms with E-state index in [1.165, 1.54) is 12.1 Å². The fourth-order valence-electron chi connectivity index (χ4n) is 2.22. The van der Waals surface area contributed by atoms with E-state index in [1.54, 1.807) is 6.07 Å². The first-order chi connectivity index (χ1) is 9.52. The number of carbonyl (C=O) groups is 1. The Kier molecular flexibility index (Phi) is 4.51. The van der Waals surface area contributed by atoms with Gasteiger partial charge in [0.15, 0.2) is 0 Å². The summed E-state index contributed by atoms with van der Waals surface area (Å²) >= 11 is 0. The predicted molar refractivity (Wildman–Crippen MR) is 79.3 cm³/mol. The first-order valence-electron chi connectivity index (χ1n) is 6.65. The molecule has 0 aliphatic rings. The minimum atomic E-state index is -0.266. The molecule has 0 atom stereocenters. The van der Waals surface area contributed by atoms with Gasteiger partial charge in [0.1, 0.15) is 5.82 Å².